The maximum absolute atomic E-state index is 12.6. The van der Waals surface area contributed by atoms with Crippen LogP contribution in [0.3, 0.4) is 0 Å². The molecule has 1 amide bonds. The van der Waals surface area contributed by atoms with Gasteiger partial charge in [0, 0.05) is 13.0 Å². The summed E-state index contributed by atoms with van der Waals surface area (Å²) < 4.78 is 43.2. The Kier molecular flexibility index (Phi) is 5.10. The Labute approximate surface area is 130 Å². The normalized spacial score (nSPS) is 12.9. The highest BCUT2D eigenvalue weighted by Gasteiger charge is 2.30. The molecule has 0 aliphatic carbocycles. The second-order valence-corrected chi connectivity index (χ2v) is 4.97. The molecule has 0 bridgehead atoms. The molecule has 0 aliphatic rings. The molecule has 0 saturated carbocycles. The first kappa shape index (κ1) is 17.1. The van der Waals surface area contributed by atoms with Gasteiger partial charge in [0.15, 0.2) is 5.76 Å². The SMILES string of the molecule is CCc1ccc(C(=O)NCC(O)c2cccc(C(F)(F)F)c2)o1. The van der Waals surface area contributed by atoms with Crippen LogP contribution in [0.4, 0.5) is 13.2 Å². The summed E-state index contributed by atoms with van der Waals surface area (Å²) in [5, 5.41) is 12.4. The van der Waals surface area contributed by atoms with E-state index in [4.69, 9.17) is 4.42 Å². The van der Waals surface area contributed by atoms with Crippen LogP contribution >= 0.6 is 0 Å². The van der Waals surface area contributed by atoms with Crippen molar-refractivity contribution in [2.24, 2.45) is 0 Å². The molecule has 124 valence electrons. The van der Waals surface area contributed by atoms with E-state index < -0.39 is 23.8 Å². The van der Waals surface area contributed by atoms with Gasteiger partial charge in [0.2, 0.25) is 0 Å². The van der Waals surface area contributed by atoms with Crippen LogP contribution in [0.2, 0.25) is 0 Å². The molecule has 2 rings (SSSR count). The lowest BCUT2D eigenvalue weighted by Gasteiger charge is -2.14. The zero-order valence-corrected chi connectivity index (χ0v) is 12.4. The lowest BCUT2D eigenvalue weighted by Crippen LogP contribution is -2.28. The summed E-state index contributed by atoms with van der Waals surface area (Å²) in [6.45, 7) is 1.65. The van der Waals surface area contributed by atoms with E-state index in [1.54, 1.807) is 6.07 Å². The molecule has 0 saturated heterocycles. The molecule has 0 fully saturated rings. The minimum Gasteiger partial charge on any atom is -0.456 e. The largest absolute Gasteiger partial charge is 0.456 e. The Morgan fingerprint density at radius 3 is 2.65 bits per heavy atom. The monoisotopic (exact) mass is 327 g/mol. The van der Waals surface area contributed by atoms with Gasteiger partial charge in [0.1, 0.15) is 5.76 Å². The van der Waals surface area contributed by atoms with Crippen LogP contribution in [0.1, 0.15) is 40.5 Å². The van der Waals surface area contributed by atoms with Gasteiger partial charge < -0.3 is 14.8 Å². The number of aliphatic hydroxyl groups excluding tert-OH is 1. The fraction of sp³-hybridized carbons (Fsp3) is 0.312. The molecule has 1 aromatic carbocycles. The van der Waals surface area contributed by atoms with Gasteiger partial charge in [0.05, 0.1) is 11.7 Å². The average molecular weight is 327 g/mol. The molecule has 1 heterocycles. The van der Waals surface area contributed by atoms with Crippen LogP contribution in [-0.4, -0.2) is 17.6 Å². The second kappa shape index (κ2) is 6.87. The number of rotatable bonds is 5. The van der Waals surface area contributed by atoms with Crippen molar-refractivity contribution in [1.29, 1.82) is 0 Å². The average Bonchev–Trinajstić information content (AvgIpc) is 3.00. The van der Waals surface area contributed by atoms with E-state index in [-0.39, 0.29) is 17.9 Å². The van der Waals surface area contributed by atoms with Crippen LogP contribution in [0.5, 0.6) is 0 Å². The first-order valence-corrected chi connectivity index (χ1v) is 7.03. The van der Waals surface area contributed by atoms with E-state index in [1.807, 2.05) is 6.92 Å². The van der Waals surface area contributed by atoms with E-state index in [0.29, 0.717) is 12.2 Å². The number of hydrogen-bond acceptors (Lipinski definition) is 3. The maximum atomic E-state index is 12.6. The fourth-order valence-corrected chi connectivity index (χ4v) is 2.01. The summed E-state index contributed by atoms with van der Waals surface area (Å²) in [6.07, 6.45) is -5.09. The molecule has 4 nitrogen and oxygen atoms in total. The zero-order chi connectivity index (χ0) is 17.0. The standard InChI is InChI=1S/C16H16F3NO3/c1-2-12-6-7-14(23-12)15(22)20-9-13(21)10-4-3-5-11(8-10)16(17,18)19/h3-8,13,21H,2,9H2,1H3,(H,20,22). The van der Waals surface area contributed by atoms with Gasteiger partial charge >= 0.3 is 6.18 Å². The summed E-state index contributed by atoms with van der Waals surface area (Å²) in [6, 6.07) is 7.53. The first-order chi connectivity index (χ1) is 10.8. The molecule has 23 heavy (non-hydrogen) atoms. The van der Waals surface area contributed by atoms with Crippen LogP contribution in [-0.2, 0) is 12.6 Å². The third kappa shape index (κ3) is 4.35. The molecular formula is C16H16F3NO3. The predicted octanol–water partition coefficient (Wildman–Crippen LogP) is 3.32. The lowest BCUT2D eigenvalue weighted by atomic mass is 10.1. The number of carbonyl (C=O) groups is 1. The number of aliphatic hydroxyl groups is 1. The Morgan fingerprint density at radius 1 is 1.30 bits per heavy atom. The number of alkyl halides is 3. The maximum Gasteiger partial charge on any atom is 0.416 e. The van der Waals surface area contributed by atoms with E-state index in [2.05, 4.69) is 5.32 Å². The molecule has 0 spiro atoms. The Morgan fingerprint density at radius 2 is 2.04 bits per heavy atom. The van der Waals surface area contributed by atoms with E-state index in [1.165, 1.54) is 18.2 Å². The van der Waals surface area contributed by atoms with Gasteiger partial charge in [-0.15, -0.1) is 0 Å². The fourth-order valence-electron chi connectivity index (χ4n) is 2.01. The molecule has 1 aromatic heterocycles. The highest BCUT2D eigenvalue weighted by molar-refractivity contribution is 5.91. The van der Waals surface area contributed by atoms with Crippen molar-refractivity contribution in [3.05, 3.63) is 59.0 Å². The van der Waals surface area contributed by atoms with Crippen LogP contribution in [0.25, 0.3) is 0 Å². The molecular weight excluding hydrogens is 311 g/mol. The molecule has 1 unspecified atom stereocenters. The number of aryl methyl sites for hydroxylation is 1. The topological polar surface area (TPSA) is 62.5 Å². The molecule has 7 heteroatoms. The van der Waals surface area contributed by atoms with Crippen molar-refractivity contribution < 1.29 is 27.5 Å². The Hall–Kier alpha value is -2.28. The number of carbonyl (C=O) groups excluding carboxylic acids is 1. The van der Waals surface area contributed by atoms with Gasteiger partial charge in [-0.25, -0.2) is 0 Å². The van der Waals surface area contributed by atoms with E-state index in [0.717, 1.165) is 12.1 Å². The van der Waals surface area contributed by atoms with E-state index >= 15 is 0 Å². The van der Waals surface area contributed by atoms with Crippen molar-refractivity contribution in [2.45, 2.75) is 25.6 Å². The minimum atomic E-state index is -4.48. The molecule has 2 aromatic rings. The zero-order valence-electron chi connectivity index (χ0n) is 12.4. The number of furan rings is 1. The lowest BCUT2D eigenvalue weighted by molar-refractivity contribution is -0.137. The third-order valence-corrected chi connectivity index (χ3v) is 3.29. The highest BCUT2D eigenvalue weighted by Crippen LogP contribution is 2.30. The molecule has 2 N–H and O–H groups in total. The number of benzene rings is 1. The van der Waals surface area contributed by atoms with E-state index in [9.17, 15) is 23.1 Å². The van der Waals surface area contributed by atoms with Crippen LogP contribution in [0, 0.1) is 0 Å². The van der Waals surface area contributed by atoms with Crippen molar-refractivity contribution >= 4 is 5.91 Å². The predicted molar refractivity (Wildman–Crippen MR) is 76.8 cm³/mol. The van der Waals surface area contributed by atoms with Crippen LogP contribution < -0.4 is 5.32 Å². The quantitative estimate of drug-likeness (QED) is 0.885. The van der Waals surface area contributed by atoms with Gasteiger partial charge in [-0.05, 0) is 29.8 Å². The third-order valence-electron chi connectivity index (χ3n) is 3.29. The summed E-state index contributed by atoms with van der Waals surface area (Å²) >= 11 is 0. The summed E-state index contributed by atoms with van der Waals surface area (Å²) in [7, 11) is 0. The summed E-state index contributed by atoms with van der Waals surface area (Å²) in [4.78, 5) is 11.8. The molecule has 0 radical (unpaired) electrons. The molecule has 1 atom stereocenters. The summed E-state index contributed by atoms with van der Waals surface area (Å²) in [5.74, 6) is 0.211. The van der Waals surface area contributed by atoms with Crippen LogP contribution in [0.15, 0.2) is 40.8 Å². The van der Waals surface area contributed by atoms with Crippen molar-refractivity contribution in [2.75, 3.05) is 6.54 Å². The van der Waals surface area contributed by atoms with Crippen molar-refractivity contribution in [3.8, 4) is 0 Å². The Balaban J connectivity index is 1.99. The Bertz CT molecular complexity index is 679. The minimum absolute atomic E-state index is 0.0776. The number of nitrogens with one attached hydrogen (secondary N) is 1. The number of halogens is 3. The van der Waals surface area contributed by atoms with Gasteiger partial charge in [-0.1, -0.05) is 19.1 Å². The van der Waals surface area contributed by atoms with Crippen molar-refractivity contribution in [1.82, 2.24) is 5.32 Å². The van der Waals surface area contributed by atoms with Crippen molar-refractivity contribution in [3.63, 3.8) is 0 Å². The molecule has 0 aliphatic heterocycles. The van der Waals surface area contributed by atoms with Gasteiger partial charge in [-0.2, -0.15) is 13.2 Å². The van der Waals surface area contributed by atoms with Gasteiger partial charge in [-0.3, -0.25) is 4.79 Å². The highest BCUT2D eigenvalue weighted by atomic mass is 19.4. The second-order valence-electron chi connectivity index (χ2n) is 4.97. The first-order valence-electron chi connectivity index (χ1n) is 7.03. The van der Waals surface area contributed by atoms with Gasteiger partial charge in [0.25, 0.3) is 5.91 Å². The number of hydrogen-bond donors (Lipinski definition) is 2. The smallest absolute Gasteiger partial charge is 0.416 e. The number of amides is 1. The summed E-state index contributed by atoms with van der Waals surface area (Å²) in [5.41, 5.74) is -0.771.